The van der Waals surface area contributed by atoms with Crippen LogP contribution in [-0.4, -0.2) is 24.1 Å². The van der Waals surface area contributed by atoms with Crippen LogP contribution < -0.4 is 0 Å². The maximum absolute atomic E-state index is 5.20. The molecule has 9 rings (SSSR count). The monoisotopic (exact) mass is 591 g/mol. The third-order valence-electron chi connectivity index (χ3n) is 8.87. The molecule has 0 spiro atoms. The van der Waals surface area contributed by atoms with Crippen LogP contribution in [0.15, 0.2) is 140 Å². The van der Waals surface area contributed by atoms with E-state index < -0.39 is 0 Å². The molecule has 6 aromatic carbocycles. The summed E-state index contributed by atoms with van der Waals surface area (Å²) in [4.78, 5) is 15.4. The van der Waals surface area contributed by atoms with Gasteiger partial charge in [0.25, 0.3) is 0 Å². The Labute approximate surface area is 266 Å². The molecule has 5 heteroatoms. The van der Waals surface area contributed by atoms with Crippen molar-refractivity contribution in [3.05, 3.63) is 151 Å². The summed E-state index contributed by atoms with van der Waals surface area (Å²) in [6.45, 7) is 4.30. The molecule has 9 aromatic rings. The first-order valence-electron chi connectivity index (χ1n) is 15.6. The van der Waals surface area contributed by atoms with Crippen molar-refractivity contribution < 1.29 is 0 Å². The lowest BCUT2D eigenvalue weighted by molar-refractivity contribution is 0.953. The molecule has 0 radical (unpaired) electrons. The Balaban J connectivity index is 1.49. The van der Waals surface area contributed by atoms with Crippen LogP contribution >= 0.6 is 0 Å². The van der Waals surface area contributed by atoms with Crippen LogP contribution in [-0.2, 0) is 0 Å². The molecule has 3 aromatic heterocycles. The van der Waals surface area contributed by atoms with Crippen molar-refractivity contribution in [2.45, 2.75) is 13.8 Å². The van der Waals surface area contributed by atoms with Crippen molar-refractivity contribution in [3.8, 4) is 34.4 Å². The second-order valence-corrected chi connectivity index (χ2v) is 11.9. The largest absolute Gasteiger partial charge is 0.307 e. The van der Waals surface area contributed by atoms with Gasteiger partial charge in [-0.25, -0.2) is 4.98 Å². The number of para-hydroxylation sites is 1. The Morgan fingerprint density at radius 3 is 1.39 bits per heavy atom. The SMILES string of the molecule is Cc1ccc2c(c1)c1ccc3c4cc(C)ccc4n(-c4nc(-c5ccccc5)nc(-c5ccccc5)n4)c3c1n2-c1ccccc1. The average Bonchev–Trinajstić information content (AvgIpc) is 3.61. The Hall–Kier alpha value is -6.07. The predicted octanol–water partition coefficient (Wildman–Crippen LogP) is 10.0. The maximum Gasteiger partial charge on any atom is 0.238 e. The lowest BCUT2D eigenvalue weighted by atomic mass is 10.1. The summed E-state index contributed by atoms with van der Waals surface area (Å²) >= 11 is 0. The summed E-state index contributed by atoms with van der Waals surface area (Å²) in [6, 6.07) is 48.9. The van der Waals surface area contributed by atoms with E-state index in [9.17, 15) is 0 Å². The minimum Gasteiger partial charge on any atom is -0.307 e. The fraction of sp³-hybridized carbons (Fsp3) is 0.0488. The maximum atomic E-state index is 5.20. The van der Waals surface area contributed by atoms with Gasteiger partial charge in [-0.3, -0.25) is 4.57 Å². The minimum absolute atomic E-state index is 0.588. The molecule has 0 fully saturated rings. The molecule has 0 saturated carbocycles. The van der Waals surface area contributed by atoms with E-state index in [1.807, 2.05) is 36.4 Å². The van der Waals surface area contributed by atoms with Gasteiger partial charge in [-0.05, 0) is 50.2 Å². The second-order valence-electron chi connectivity index (χ2n) is 11.9. The summed E-state index contributed by atoms with van der Waals surface area (Å²) in [5.41, 5.74) is 9.84. The highest BCUT2D eigenvalue weighted by molar-refractivity contribution is 6.23. The van der Waals surface area contributed by atoms with Crippen LogP contribution in [0, 0.1) is 13.8 Å². The summed E-state index contributed by atoms with van der Waals surface area (Å²) in [6.07, 6.45) is 0. The van der Waals surface area contributed by atoms with Crippen LogP contribution in [0.5, 0.6) is 0 Å². The molecule has 3 heterocycles. The average molecular weight is 592 g/mol. The van der Waals surface area contributed by atoms with Crippen LogP contribution in [0.1, 0.15) is 11.1 Å². The van der Waals surface area contributed by atoms with E-state index >= 15 is 0 Å². The fourth-order valence-corrected chi connectivity index (χ4v) is 6.78. The zero-order valence-electron chi connectivity index (χ0n) is 25.5. The number of rotatable bonds is 4. The molecule has 0 atom stereocenters. The van der Waals surface area contributed by atoms with Crippen molar-refractivity contribution in [1.82, 2.24) is 24.1 Å². The summed E-state index contributed by atoms with van der Waals surface area (Å²) in [5, 5.41) is 4.74. The van der Waals surface area contributed by atoms with E-state index in [-0.39, 0.29) is 0 Å². The second kappa shape index (κ2) is 10.2. The van der Waals surface area contributed by atoms with Crippen LogP contribution in [0.25, 0.3) is 78.0 Å². The number of hydrogen-bond acceptors (Lipinski definition) is 3. The van der Waals surface area contributed by atoms with E-state index in [0.717, 1.165) is 44.3 Å². The summed E-state index contributed by atoms with van der Waals surface area (Å²) < 4.78 is 4.64. The molecule has 0 saturated heterocycles. The normalized spacial score (nSPS) is 11.7. The highest BCUT2D eigenvalue weighted by Gasteiger charge is 2.23. The lowest BCUT2D eigenvalue weighted by Crippen LogP contribution is -2.07. The van der Waals surface area contributed by atoms with Gasteiger partial charge in [-0.15, -0.1) is 0 Å². The molecule has 218 valence electrons. The number of aryl methyl sites for hydroxylation is 2. The van der Waals surface area contributed by atoms with E-state index in [1.54, 1.807) is 0 Å². The van der Waals surface area contributed by atoms with E-state index in [1.165, 1.54) is 27.3 Å². The summed E-state index contributed by atoms with van der Waals surface area (Å²) in [5.74, 6) is 1.86. The first kappa shape index (κ1) is 26.3. The van der Waals surface area contributed by atoms with E-state index in [2.05, 4.69) is 126 Å². The summed E-state index contributed by atoms with van der Waals surface area (Å²) in [7, 11) is 0. The van der Waals surface area contributed by atoms with Gasteiger partial charge in [0.2, 0.25) is 5.95 Å². The molecule has 0 bridgehead atoms. The number of benzene rings is 6. The van der Waals surface area contributed by atoms with Crippen LogP contribution in [0.4, 0.5) is 0 Å². The van der Waals surface area contributed by atoms with Gasteiger partial charge in [-0.2, -0.15) is 9.97 Å². The number of aromatic nitrogens is 5. The van der Waals surface area contributed by atoms with E-state index in [0.29, 0.717) is 17.6 Å². The van der Waals surface area contributed by atoms with Crippen molar-refractivity contribution in [2.75, 3.05) is 0 Å². The first-order valence-corrected chi connectivity index (χ1v) is 15.6. The van der Waals surface area contributed by atoms with Gasteiger partial charge in [0.1, 0.15) is 0 Å². The van der Waals surface area contributed by atoms with Gasteiger partial charge in [0, 0.05) is 38.4 Å². The van der Waals surface area contributed by atoms with Gasteiger partial charge in [-0.1, -0.05) is 114 Å². The number of nitrogens with zero attached hydrogens (tertiary/aromatic N) is 5. The predicted molar refractivity (Wildman–Crippen MR) is 189 cm³/mol. The fourth-order valence-electron chi connectivity index (χ4n) is 6.78. The Kier molecular flexibility index (Phi) is 5.87. The highest BCUT2D eigenvalue weighted by Crippen LogP contribution is 2.42. The van der Waals surface area contributed by atoms with Crippen molar-refractivity contribution >= 4 is 43.6 Å². The number of hydrogen-bond donors (Lipinski definition) is 0. The smallest absolute Gasteiger partial charge is 0.238 e. The molecule has 0 amide bonds. The molecular formula is C41H29N5. The first-order chi connectivity index (χ1) is 22.6. The van der Waals surface area contributed by atoms with Gasteiger partial charge in [0.05, 0.1) is 22.1 Å². The zero-order chi connectivity index (χ0) is 30.8. The molecule has 0 N–H and O–H groups in total. The van der Waals surface area contributed by atoms with Crippen LogP contribution in [0.2, 0.25) is 0 Å². The molecule has 46 heavy (non-hydrogen) atoms. The highest BCUT2D eigenvalue weighted by atomic mass is 15.2. The topological polar surface area (TPSA) is 48.5 Å². The van der Waals surface area contributed by atoms with Crippen molar-refractivity contribution in [1.29, 1.82) is 0 Å². The lowest BCUT2D eigenvalue weighted by Gasteiger charge is -2.13. The molecule has 0 aliphatic heterocycles. The zero-order valence-corrected chi connectivity index (χ0v) is 25.5. The van der Waals surface area contributed by atoms with Gasteiger partial charge >= 0.3 is 0 Å². The number of fused-ring (bicyclic) bond motifs is 7. The van der Waals surface area contributed by atoms with Crippen molar-refractivity contribution in [2.24, 2.45) is 0 Å². The molecule has 0 aliphatic carbocycles. The van der Waals surface area contributed by atoms with E-state index in [4.69, 9.17) is 15.0 Å². The third-order valence-corrected chi connectivity index (χ3v) is 8.87. The Morgan fingerprint density at radius 1 is 0.413 bits per heavy atom. The van der Waals surface area contributed by atoms with Gasteiger partial charge < -0.3 is 4.57 Å². The van der Waals surface area contributed by atoms with Crippen LogP contribution in [0.3, 0.4) is 0 Å². The molecule has 0 unspecified atom stereocenters. The van der Waals surface area contributed by atoms with Gasteiger partial charge in [0.15, 0.2) is 11.6 Å². The standard InChI is InChI=1S/C41H29N5/c1-26-18-22-35-33(24-26)31-20-21-32-34-25-27(2)19-23-36(34)46(38(32)37(31)45(35)30-16-10-5-11-17-30)41-43-39(28-12-6-3-7-13-28)42-40(44-41)29-14-8-4-9-15-29/h3-25H,1-2H3. The third kappa shape index (κ3) is 4.06. The quantitative estimate of drug-likeness (QED) is 0.205. The Morgan fingerprint density at radius 2 is 0.870 bits per heavy atom. The molecular weight excluding hydrogens is 562 g/mol. The van der Waals surface area contributed by atoms with Crippen molar-refractivity contribution in [3.63, 3.8) is 0 Å². The molecule has 5 nitrogen and oxygen atoms in total. The Bertz CT molecular complexity index is 2520. The molecule has 0 aliphatic rings. The minimum atomic E-state index is 0.588.